The molecule has 3 aliphatic heterocycles. The van der Waals surface area contributed by atoms with Gasteiger partial charge in [0.1, 0.15) is 19.3 Å². The quantitative estimate of drug-likeness (QED) is 0.337. The highest BCUT2D eigenvalue weighted by Gasteiger charge is 2.42. The van der Waals surface area contributed by atoms with Gasteiger partial charge < -0.3 is 14.1 Å². The zero-order valence-corrected chi connectivity index (χ0v) is 20.2. The summed E-state index contributed by atoms with van der Waals surface area (Å²) in [5.74, 6) is 0.634. The molecular formula is C30H22BN5O. The lowest BCUT2D eigenvalue weighted by Crippen LogP contribution is -2.59. The molecule has 7 heteroatoms. The van der Waals surface area contributed by atoms with Crippen molar-refractivity contribution in [3.63, 3.8) is 0 Å². The second kappa shape index (κ2) is 7.61. The predicted molar refractivity (Wildman–Crippen MR) is 150 cm³/mol. The zero-order chi connectivity index (χ0) is 24.5. The fraction of sp³-hybridized carbons (Fsp3) is 0.0667. The van der Waals surface area contributed by atoms with Crippen LogP contribution in [0.5, 0.6) is 0 Å². The molecular weight excluding hydrogens is 457 g/mol. The SMILES string of the molecule is CN1CN(c2ccc3c(c2)B2c4cc(-c5ncco5)ccc4-c4ccccc4N2c2ccccc2-3)C=N1. The molecule has 3 aliphatic rings. The number of hydrogen-bond acceptors (Lipinski definition) is 6. The Balaban J connectivity index is 1.42. The van der Waals surface area contributed by atoms with E-state index in [1.54, 1.807) is 12.5 Å². The summed E-state index contributed by atoms with van der Waals surface area (Å²) in [6.07, 6.45) is 5.23. The van der Waals surface area contributed by atoms with E-state index >= 15 is 0 Å². The molecule has 0 aliphatic carbocycles. The molecule has 4 heterocycles. The molecule has 37 heavy (non-hydrogen) atoms. The number of hydrogen-bond donors (Lipinski definition) is 0. The van der Waals surface area contributed by atoms with Gasteiger partial charge >= 0.3 is 6.85 Å². The van der Waals surface area contributed by atoms with E-state index in [4.69, 9.17) is 4.42 Å². The van der Waals surface area contributed by atoms with Crippen LogP contribution in [-0.4, -0.2) is 36.9 Å². The Morgan fingerprint density at radius 1 is 0.784 bits per heavy atom. The third-order valence-electron chi connectivity index (χ3n) is 7.60. The minimum atomic E-state index is 0.00179. The third kappa shape index (κ3) is 2.94. The topological polar surface area (TPSA) is 48.1 Å². The van der Waals surface area contributed by atoms with Gasteiger partial charge in [-0.1, -0.05) is 54.6 Å². The summed E-state index contributed by atoms with van der Waals surface area (Å²) < 4.78 is 5.69. The Bertz CT molecular complexity index is 1710. The summed E-state index contributed by atoms with van der Waals surface area (Å²) in [5, 5.41) is 6.38. The van der Waals surface area contributed by atoms with Crippen LogP contribution in [0.25, 0.3) is 33.7 Å². The number of hydrazone groups is 1. The average molecular weight is 479 g/mol. The number of anilines is 3. The molecule has 176 valence electrons. The number of benzene rings is 4. The Labute approximate surface area is 215 Å². The molecule has 6 nitrogen and oxygen atoms in total. The Morgan fingerprint density at radius 2 is 1.49 bits per heavy atom. The maximum Gasteiger partial charge on any atom is 0.329 e. The molecule has 0 saturated carbocycles. The molecule has 0 amide bonds. The van der Waals surface area contributed by atoms with Crippen molar-refractivity contribution in [1.29, 1.82) is 0 Å². The van der Waals surface area contributed by atoms with Crippen molar-refractivity contribution in [2.75, 3.05) is 23.4 Å². The lowest BCUT2D eigenvalue weighted by molar-refractivity contribution is 0.393. The van der Waals surface area contributed by atoms with Gasteiger partial charge in [0, 0.05) is 40.8 Å². The van der Waals surface area contributed by atoms with Crippen LogP contribution in [0.1, 0.15) is 0 Å². The van der Waals surface area contributed by atoms with Crippen molar-refractivity contribution in [3.05, 3.63) is 97.4 Å². The summed E-state index contributed by atoms with van der Waals surface area (Å²) in [7, 11) is 1.99. The fourth-order valence-corrected chi connectivity index (χ4v) is 6.00. The molecule has 0 bridgehead atoms. The van der Waals surface area contributed by atoms with Gasteiger partial charge in [-0.05, 0) is 52.4 Å². The van der Waals surface area contributed by atoms with Crippen LogP contribution in [0.2, 0.25) is 0 Å². The smallest absolute Gasteiger partial charge is 0.329 e. The summed E-state index contributed by atoms with van der Waals surface area (Å²) in [6, 6.07) is 30.8. The van der Waals surface area contributed by atoms with Crippen LogP contribution in [0.3, 0.4) is 0 Å². The molecule has 0 N–H and O–H groups in total. The Hall–Kier alpha value is -4.78. The molecule has 0 unspecified atom stereocenters. The number of nitrogens with zero attached hydrogens (tertiary/aromatic N) is 5. The molecule has 4 aromatic carbocycles. The van der Waals surface area contributed by atoms with Crippen LogP contribution in [0.4, 0.5) is 17.1 Å². The number of aromatic nitrogens is 1. The fourth-order valence-electron chi connectivity index (χ4n) is 6.00. The normalized spacial score (nSPS) is 14.7. The van der Waals surface area contributed by atoms with Gasteiger partial charge in [0.05, 0.1) is 6.20 Å². The summed E-state index contributed by atoms with van der Waals surface area (Å²) in [5.41, 5.74) is 12.1. The Morgan fingerprint density at radius 3 is 2.16 bits per heavy atom. The van der Waals surface area contributed by atoms with E-state index in [9.17, 15) is 0 Å². The van der Waals surface area contributed by atoms with E-state index in [1.165, 1.54) is 44.6 Å². The van der Waals surface area contributed by atoms with Gasteiger partial charge in [-0.2, -0.15) is 5.10 Å². The summed E-state index contributed by atoms with van der Waals surface area (Å²) >= 11 is 0. The zero-order valence-electron chi connectivity index (χ0n) is 20.2. The number of oxazole rings is 1. The van der Waals surface area contributed by atoms with Gasteiger partial charge in [-0.25, -0.2) is 4.98 Å². The number of fused-ring (bicyclic) bond motifs is 11. The molecule has 0 fully saturated rings. The van der Waals surface area contributed by atoms with Crippen LogP contribution >= 0.6 is 0 Å². The monoisotopic (exact) mass is 479 g/mol. The maximum atomic E-state index is 5.69. The third-order valence-corrected chi connectivity index (χ3v) is 7.60. The standard InChI is InChI=1S/C30H22BN5O/c1-34-19-35(18-33-34)21-11-13-23-25-7-3-5-9-29(25)36-28-8-4-2-6-24(28)22-12-10-20(30-32-14-15-37-30)16-26(22)31(36)27(23)17-21/h2-18H,19H2,1H3. The Kier molecular flexibility index (Phi) is 4.20. The van der Waals surface area contributed by atoms with Crippen molar-refractivity contribution in [1.82, 2.24) is 9.99 Å². The average Bonchev–Trinajstić information content (AvgIpc) is 3.65. The van der Waals surface area contributed by atoms with Crippen molar-refractivity contribution in [2.45, 2.75) is 0 Å². The van der Waals surface area contributed by atoms with Gasteiger partial charge in [0.15, 0.2) is 0 Å². The van der Waals surface area contributed by atoms with Gasteiger partial charge in [0.2, 0.25) is 5.89 Å². The van der Waals surface area contributed by atoms with E-state index in [2.05, 4.69) is 105 Å². The highest BCUT2D eigenvalue weighted by Crippen LogP contribution is 2.46. The number of rotatable bonds is 2. The highest BCUT2D eigenvalue weighted by atomic mass is 16.3. The van der Waals surface area contributed by atoms with Crippen LogP contribution in [0.15, 0.2) is 107 Å². The van der Waals surface area contributed by atoms with E-state index in [0.29, 0.717) is 5.89 Å². The summed E-state index contributed by atoms with van der Waals surface area (Å²) in [4.78, 5) is 9.12. The minimum absolute atomic E-state index is 0.00179. The van der Waals surface area contributed by atoms with Gasteiger partial charge in [-0.15, -0.1) is 0 Å². The number of para-hydroxylation sites is 2. The first-order chi connectivity index (χ1) is 18.3. The van der Waals surface area contributed by atoms with Crippen LogP contribution < -0.4 is 20.6 Å². The van der Waals surface area contributed by atoms with Crippen molar-refractivity contribution >= 4 is 41.2 Å². The largest absolute Gasteiger partial charge is 0.445 e. The van der Waals surface area contributed by atoms with Crippen LogP contribution in [0, 0.1) is 0 Å². The van der Waals surface area contributed by atoms with Crippen molar-refractivity contribution in [2.24, 2.45) is 5.10 Å². The molecule has 0 radical (unpaired) electrons. The lowest BCUT2D eigenvalue weighted by atomic mass is 9.43. The highest BCUT2D eigenvalue weighted by molar-refractivity contribution is 6.92. The van der Waals surface area contributed by atoms with Gasteiger partial charge in [-0.3, -0.25) is 5.01 Å². The predicted octanol–water partition coefficient (Wildman–Crippen LogP) is 4.90. The molecule has 0 saturated heterocycles. The maximum absolute atomic E-state index is 5.69. The first-order valence-electron chi connectivity index (χ1n) is 12.4. The van der Waals surface area contributed by atoms with Crippen molar-refractivity contribution < 1.29 is 4.42 Å². The first kappa shape index (κ1) is 20.4. The second-order valence-corrected chi connectivity index (χ2v) is 9.72. The van der Waals surface area contributed by atoms with E-state index in [-0.39, 0.29) is 6.85 Å². The minimum Gasteiger partial charge on any atom is -0.445 e. The van der Waals surface area contributed by atoms with Gasteiger partial charge in [0.25, 0.3) is 0 Å². The molecule has 1 aromatic heterocycles. The second-order valence-electron chi connectivity index (χ2n) is 9.72. The van der Waals surface area contributed by atoms with Crippen LogP contribution in [-0.2, 0) is 0 Å². The van der Waals surface area contributed by atoms with E-state index in [0.717, 1.165) is 17.9 Å². The lowest BCUT2D eigenvalue weighted by Gasteiger charge is -2.43. The molecule has 8 rings (SSSR count). The summed E-state index contributed by atoms with van der Waals surface area (Å²) in [6.45, 7) is 0.735. The molecule has 0 atom stereocenters. The first-order valence-corrected chi connectivity index (χ1v) is 12.4. The van der Waals surface area contributed by atoms with E-state index < -0.39 is 0 Å². The molecule has 5 aromatic rings. The molecule has 0 spiro atoms. The van der Waals surface area contributed by atoms with E-state index in [1.807, 2.05) is 18.4 Å². The van der Waals surface area contributed by atoms with Crippen molar-refractivity contribution in [3.8, 4) is 33.7 Å².